The van der Waals surface area contributed by atoms with Gasteiger partial charge >= 0.3 is 0 Å². The van der Waals surface area contributed by atoms with Gasteiger partial charge < -0.3 is 10.1 Å². The molecule has 2 aromatic rings. The zero-order valence-corrected chi connectivity index (χ0v) is 14.1. The first-order valence-corrected chi connectivity index (χ1v) is 7.95. The van der Waals surface area contributed by atoms with E-state index in [9.17, 15) is 9.18 Å². The van der Waals surface area contributed by atoms with Gasteiger partial charge in [-0.3, -0.25) is 9.89 Å². The first-order valence-electron chi connectivity index (χ1n) is 7.95. The molecule has 1 fully saturated rings. The Morgan fingerprint density at radius 2 is 2.04 bits per heavy atom. The lowest BCUT2D eigenvalue weighted by Crippen LogP contribution is -2.37. The number of aromatic amines is 1. The number of H-pyrrole nitrogens is 1. The summed E-state index contributed by atoms with van der Waals surface area (Å²) >= 11 is 0. The van der Waals surface area contributed by atoms with E-state index in [4.69, 9.17) is 4.74 Å². The molecule has 1 aromatic heterocycles. The molecular formula is C18H22FN3O2. The van der Waals surface area contributed by atoms with Crippen LogP contribution in [0.3, 0.4) is 0 Å². The molecule has 5 nitrogen and oxygen atoms in total. The molecule has 0 radical (unpaired) electrons. The molecule has 1 amide bonds. The van der Waals surface area contributed by atoms with Crippen molar-refractivity contribution in [2.75, 3.05) is 7.11 Å². The van der Waals surface area contributed by atoms with E-state index in [1.54, 1.807) is 19.2 Å². The van der Waals surface area contributed by atoms with E-state index in [1.807, 2.05) is 6.07 Å². The van der Waals surface area contributed by atoms with E-state index >= 15 is 0 Å². The number of benzene rings is 1. The van der Waals surface area contributed by atoms with Crippen LogP contribution in [0.15, 0.2) is 30.3 Å². The molecule has 128 valence electrons. The maximum absolute atomic E-state index is 13.2. The summed E-state index contributed by atoms with van der Waals surface area (Å²) in [6.45, 7) is 4.91. The fourth-order valence-electron chi connectivity index (χ4n) is 3.41. The van der Waals surface area contributed by atoms with Crippen molar-refractivity contribution in [1.29, 1.82) is 0 Å². The molecular weight excluding hydrogens is 309 g/mol. The van der Waals surface area contributed by atoms with Gasteiger partial charge in [0.2, 0.25) is 5.91 Å². The number of halogens is 1. The number of carbonyl (C=O) groups excluding carboxylic acids is 1. The van der Waals surface area contributed by atoms with Gasteiger partial charge in [-0.25, -0.2) is 4.39 Å². The highest BCUT2D eigenvalue weighted by Gasteiger charge is 2.66. The smallest absolute Gasteiger partial charge is 0.231 e. The molecule has 1 aliphatic carbocycles. The highest BCUT2D eigenvalue weighted by atomic mass is 19.1. The number of methoxy groups -OCH3 is 1. The fraction of sp³-hybridized carbons (Fsp3) is 0.444. The maximum Gasteiger partial charge on any atom is 0.231 e. The Hall–Kier alpha value is -2.21. The lowest BCUT2D eigenvalue weighted by atomic mass is 9.87. The van der Waals surface area contributed by atoms with Gasteiger partial charge in [0.1, 0.15) is 5.82 Å². The van der Waals surface area contributed by atoms with Crippen LogP contribution in [0.1, 0.15) is 37.2 Å². The molecule has 1 unspecified atom stereocenters. The van der Waals surface area contributed by atoms with Crippen molar-refractivity contribution in [2.24, 2.45) is 5.41 Å². The van der Waals surface area contributed by atoms with Gasteiger partial charge in [-0.1, -0.05) is 26.0 Å². The van der Waals surface area contributed by atoms with Crippen LogP contribution >= 0.6 is 0 Å². The zero-order valence-electron chi connectivity index (χ0n) is 14.1. The largest absolute Gasteiger partial charge is 0.378 e. The van der Waals surface area contributed by atoms with E-state index in [1.165, 1.54) is 12.1 Å². The van der Waals surface area contributed by atoms with Crippen molar-refractivity contribution in [2.45, 2.75) is 38.8 Å². The van der Waals surface area contributed by atoms with E-state index in [0.29, 0.717) is 13.2 Å². The normalized spacial score (nSPS) is 21.5. The summed E-state index contributed by atoms with van der Waals surface area (Å²) in [5, 5.41) is 9.99. The minimum atomic E-state index is -0.601. The van der Waals surface area contributed by atoms with Crippen LogP contribution in [0.5, 0.6) is 0 Å². The third-order valence-electron chi connectivity index (χ3n) is 4.88. The highest BCUT2D eigenvalue weighted by molar-refractivity contribution is 5.93. The number of carbonyl (C=O) groups is 1. The van der Waals surface area contributed by atoms with Crippen molar-refractivity contribution < 1.29 is 13.9 Å². The number of aromatic nitrogens is 2. The maximum atomic E-state index is 13.2. The molecule has 24 heavy (non-hydrogen) atoms. The number of hydrogen-bond acceptors (Lipinski definition) is 3. The van der Waals surface area contributed by atoms with Gasteiger partial charge in [0.25, 0.3) is 0 Å². The van der Waals surface area contributed by atoms with Crippen molar-refractivity contribution in [3.63, 3.8) is 0 Å². The van der Waals surface area contributed by atoms with Gasteiger partial charge in [0.15, 0.2) is 0 Å². The zero-order chi connectivity index (χ0) is 17.4. The lowest BCUT2D eigenvalue weighted by molar-refractivity contribution is -0.124. The number of amides is 1. The topological polar surface area (TPSA) is 67.0 Å². The van der Waals surface area contributed by atoms with Crippen LogP contribution in [-0.2, 0) is 28.1 Å². The van der Waals surface area contributed by atoms with Crippen LogP contribution in [0.2, 0.25) is 0 Å². The third-order valence-corrected chi connectivity index (χ3v) is 4.88. The summed E-state index contributed by atoms with van der Waals surface area (Å²) in [4.78, 5) is 12.9. The summed E-state index contributed by atoms with van der Waals surface area (Å²) in [6, 6.07) is 8.09. The SMILES string of the molecule is COCc1cc(CNC(=O)C2(c3ccc(F)cc3)CC2(C)C)[nH]n1. The fourth-order valence-corrected chi connectivity index (χ4v) is 3.41. The Balaban J connectivity index is 1.73. The van der Waals surface area contributed by atoms with E-state index < -0.39 is 5.41 Å². The average molecular weight is 331 g/mol. The monoisotopic (exact) mass is 331 g/mol. The quantitative estimate of drug-likeness (QED) is 0.855. The molecule has 1 heterocycles. The Labute approximate surface area is 140 Å². The Bertz CT molecular complexity index is 739. The molecule has 0 saturated heterocycles. The van der Waals surface area contributed by atoms with Gasteiger partial charge in [-0.2, -0.15) is 5.10 Å². The van der Waals surface area contributed by atoms with Crippen molar-refractivity contribution >= 4 is 5.91 Å². The Kier molecular flexibility index (Phi) is 4.17. The minimum Gasteiger partial charge on any atom is -0.378 e. The van der Waals surface area contributed by atoms with Gasteiger partial charge in [-0.05, 0) is 35.6 Å². The molecule has 1 atom stereocenters. The van der Waals surface area contributed by atoms with E-state index in [2.05, 4.69) is 29.4 Å². The number of ether oxygens (including phenoxy) is 1. The molecule has 0 spiro atoms. The predicted molar refractivity (Wildman–Crippen MR) is 87.6 cm³/mol. The molecule has 2 N–H and O–H groups in total. The summed E-state index contributed by atoms with van der Waals surface area (Å²) in [7, 11) is 1.61. The van der Waals surface area contributed by atoms with Gasteiger partial charge in [0, 0.05) is 7.11 Å². The summed E-state index contributed by atoms with van der Waals surface area (Å²) < 4.78 is 18.2. The van der Waals surface area contributed by atoms with Crippen LogP contribution in [0, 0.1) is 11.2 Å². The summed E-state index contributed by atoms with van der Waals surface area (Å²) in [6.07, 6.45) is 0.745. The predicted octanol–water partition coefficient (Wildman–Crippen LogP) is 2.68. The van der Waals surface area contributed by atoms with Crippen LogP contribution in [0.25, 0.3) is 0 Å². The molecule has 3 rings (SSSR count). The standard InChI is InChI=1S/C18H22FN3O2/c1-17(2)11-18(17,12-4-6-13(19)7-5-12)16(23)20-9-14-8-15(10-24-3)22-21-14/h4-8H,9-11H2,1-3H3,(H,20,23)(H,21,22). The number of rotatable bonds is 6. The van der Waals surface area contributed by atoms with Gasteiger partial charge in [-0.15, -0.1) is 0 Å². The average Bonchev–Trinajstić information content (AvgIpc) is 2.91. The highest BCUT2D eigenvalue weighted by Crippen LogP contribution is 2.64. The van der Waals surface area contributed by atoms with Crippen molar-refractivity contribution in [1.82, 2.24) is 15.5 Å². The summed E-state index contributed by atoms with van der Waals surface area (Å²) in [5.74, 6) is -0.335. The minimum absolute atomic E-state index is 0.0398. The first-order chi connectivity index (χ1) is 11.4. The molecule has 0 aliphatic heterocycles. The second-order valence-corrected chi connectivity index (χ2v) is 6.97. The van der Waals surface area contributed by atoms with E-state index in [-0.39, 0.29) is 17.1 Å². The second kappa shape index (κ2) is 6.02. The molecule has 1 saturated carbocycles. The lowest BCUT2D eigenvalue weighted by Gasteiger charge is -2.20. The molecule has 1 aromatic carbocycles. The van der Waals surface area contributed by atoms with Crippen molar-refractivity contribution in [3.05, 3.63) is 53.1 Å². The molecule has 0 bridgehead atoms. The Morgan fingerprint density at radius 3 is 2.62 bits per heavy atom. The second-order valence-electron chi connectivity index (χ2n) is 6.97. The molecule has 6 heteroatoms. The van der Waals surface area contributed by atoms with Crippen LogP contribution in [0.4, 0.5) is 4.39 Å². The first kappa shape index (κ1) is 16.6. The number of nitrogens with zero attached hydrogens (tertiary/aromatic N) is 1. The molecule has 1 aliphatic rings. The third kappa shape index (κ3) is 2.82. The number of nitrogens with one attached hydrogen (secondary N) is 2. The number of hydrogen-bond donors (Lipinski definition) is 2. The Morgan fingerprint density at radius 1 is 1.38 bits per heavy atom. The summed E-state index contributed by atoms with van der Waals surface area (Å²) in [5.41, 5.74) is 1.72. The van der Waals surface area contributed by atoms with Crippen LogP contribution in [-0.4, -0.2) is 23.2 Å². The van der Waals surface area contributed by atoms with Crippen molar-refractivity contribution in [3.8, 4) is 0 Å². The van der Waals surface area contributed by atoms with Crippen LogP contribution < -0.4 is 5.32 Å². The van der Waals surface area contributed by atoms with E-state index in [0.717, 1.165) is 23.4 Å². The van der Waals surface area contributed by atoms with Gasteiger partial charge in [0.05, 0.1) is 30.0 Å².